The molecule has 0 atom stereocenters. The lowest BCUT2D eigenvalue weighted by atomic mass is 10.2. The Bertz CT molecular complexity index is 692. The molecule has 0 amide bonds. The van der Waals surface area contributed by atoms with Gasteiger partial charge in [0.15, 0.2) is 5.82 Å². The summed E-state index contributed by atoms with van der Waals surface area (Å²) >= 11 is 0. The van der Waals surface area contributed by atoms with Crippen molar-refractivity contribution >= 4 is 5.82 Å². The van der Waals surface area contributed by atoms with Gasteiger partial charge in [-0.2, -0.15) is 0 Å². The van der Waals surface area contributed by atoms with Gasteiger partial charge >= 0.3 is 0 Å². The molecule has 3 heterocycles. The second-order valence-electron chi connectivity index (χ2n) is 4.86. The molecule has 0 unspecified atom stereocenters. The van der Waals surface area contributed by atoms with Crippen molar-refractivity contribution in [1.82, 2.24) is 19.9 Å². The lowest BCUT2D eigenvalue weighted by molar-refractivity contribution is 0.210. The van der Waals surface area contributed by atoms with Gasteiger partial charge < -0.3 is 10.1 Å². The van der Waals surface area contributed by atoms with Crippen molar-refractivity contribution in [3.8, 4) is 22.6 Å². The minimum absolute atomic E-state index is 0.608. The Morgan fingerprint density at radius 3 is 2.61 bits per heavy atom. The van der Waals surface area contributed by atoms with Gasteiger partial charge in [-0.05, 0) is 24.3 Å². The van der Waals surface area contributed by atoms with Gasteiger partial charge in [0.1, 0.15) is 5.82 Å². The Balaban J connectivity index is 2.00. The molecule has 3 aromatic rings. The van der Waals surface area contributed by atoms with Crippen LogP contribution in [0.5, 0.6) is 0 Å². The van der Waals surface area contributed by atoms with Crippen LogP contribution in [0.15, 0.2) is 55.1 Å². The van der Waals surface area contributed by atoms with E-state index < -0.39 is 0 Å². The van der Waals surface area contributed by atoms with Crippen LogP contribution < -0.4 is 5.32 Å². The van der Waals surface area contributed by atoms with Gasteiger partial charge in [-0.15, -0.1) is 0 Å². The highest BCUT2D eigenvalue weighted by Crippen LogP contribution is 2.23. The zero-order valence-electron chi connectivity index (χ0n) is 12.8. The third-order valence-corrected chi connectivity index (χ3v) is 3.23. The van der Waals surface area contributed by atoms with Crippen LogP contribution in [0.25, 0.3) is 22.6 Å². The van der Waals surface area contributed by atoms with Gasteiger partial charge in [0.2, 0.25) is 0 Å². The maximum Gasteiger partial charge on any atom is 0.163 e. The Hall–Kier alpha value is -2.86. The summed E-state index contributed by atoms with van der Waals surface area (Å²) in [4.78, 5) is 17.4. The fraction of sp³-hybridized carbons (Fsp3) is 0.176. The summed E-state index contributed by atoms with van der Waals surface area (Å²) < 4.78 is 5.07. The molecule has 0 fully saturated rings. The molecule has 3 aromatic heterocycles. The summed E-state index contributed by atoms with van der Waals surface area (Å²) in [7, 11) is 1.67. The van der Waals surface area contributed by atoms with E-state index in [9.17, 15) is 0 Å². The van der Waals surface area contributed by atoms with E-state index in [2.05, 4.69) is 25.3 Å². The second kappa shape index (κ2) is 7.42. The lowest BCUT2D eigenvalue weighted by Crippen LogP contribution is -2.10. The van der Waals surface area contributed by atoms with Crippen molar-refractivity contribution in [2.24, 2.45) is 0 Å². The predicted octanol–water partition coefficient (Wildman–Crippen LogP) is 2.66. The summed E-state index contributed by atoms with van der Waals surface area (Å²) in [6.45, 7) is 1.28. The Labute approximate surface area is 134 Å². The van der Waals surface area contributed by atoms with E-state index in [-0.39, 0.29) is 0 Å². The number of anilines is 1. The minimum atomic E-state index is 0.608. The molecule has 0 aliphatic carbocycles. The summed E-state index contributed by atoms with van der Waals surface area (Å²) in [5, 5.41) is 3.25. The van der Waals surface area contributed by atoms with Crippen LogP contribution >= 0.6 is 0 Å². The molecule has 0 aliphatic heterocycles. The Morgan fingerprint density at radius 1 is 1.00 bits per heavy atom. The molecular formula is C17H17N5O. The van der Waals surface area contributed by atoms with Crippen molar-refractivity contribution < 1.29 is 4.74 Å². The van der Waals surface area contributed by atoms with Crippen LogP contribution in [0.3, 0.4) is 0 Å². The van der Waals surface area contributed by atoms with E-state index in [1.807, 2.05) is 30.3 Å². The van der Waals surface area contributed by atoms with E-state index in [0.29, 0.717) is 19.0 Å². The fourth-order valence-corrected chi connectivity index (χ4v) is 2.11. The molecule has 0 saturated carbocycles. The second-order valence-corrected chi connectivity index (χ2v) is 4.86. The Morgan fingerprint density at radius 2 is 1.87 bits per heavy atom. The van der Waals surface area contributed by atoms with Crippen LogP contribution in [0.1, 0.15) is 0 Å². The first-order valence-corrected chi connectivity index (χ1v) is 7.29. The monoisotopic (exact) mass is 307 g/mol. The van der Waals surface area contributed by atoms with Gasteiger partial charge in [0.25, 0.3) is 0 Å². The number of ether oxygens (including phenoxy) is 1. The summed E-state index contributed by atoms with van der Waals surface area (Å²) in [6, 6.07) is 9.58. The number of methoxy groups -OCH3 is 1. The summed E-state index contributed by atoms with van der Waals surface area (Å²) in [6.07, 6.45) is 6.98. The minimum Gasteiger partial charge on any atom is -0.383 e. The van der Waals surface area contributed by atoms with Crippen LogP contribution in [0.2, 0.25) is 0 Å². The molecule has 116 valence electrons. The maximum atomic E-state index is 5.07. The fourth-order valence-electron chi connectivity index (χ4n) is 2.11. The summed E-state index contributed by atoms with van der Waals surface area (Å²) in [5.41, 5.74) is 2.70. The van der Waals surface area contributed by atoms with E-state index >= 15 is 0 Å². The molecule has 0 radical (unpaired) electrons. The van der Waals surface area contributed by atoms with Crippen molar-refractivity contribution in [3.63, 3.8) is 0 Å². The standard InChI is InChI=1S/C17H17N5O/c1-23-10-9-20-16-11-15(13-4-7-18-8-5-13)21-17(22-16)14-3-2-6-19-12-14/h2-8,11-12H,9-10H2,1H3,(H,20,21,22). The quantitative estimate of drug-likeness (QED) is 0.706. The molecule has 0 aliphatic rings. The predicted molar refractivity (Wildman–Crippen MR) is 88.9 cm³/mol. The number of pyridine rings is 2. The molecule has 0 aromatic carbocycles. The third-order valence-electron chi connectivity index (χ3n) is 3.23. The molecule has 3 rings (SSSR count). The topological polar surface area (TPSA) is 72.8 Å². The van der Waals surface area contributed by atoms with Crippen LogP contribution in [0.4, 0.5) is 5.82 Å². The number of rotatable bonds is 6. The van der Waals surface area contributed by atoms with E-state index in [4.69, 9.17) is 4.74 Å². The lowest BCUT2D eigenvalue weighted by Gasteiger charge is -2.10. The SMILES string of the molecule is COCCNc1cc(-c2ccncc2)nc(-c2cccnc2)n1. The molecule has 6 heteroatoms. The van der Waals surface area contributed by atoms with Gasteiger partial charge in [-0.1, -0.05) is 0 Å². The van der Waals surface area contributed by atoms with Crippen molar-refractivity contribution in [3.05, 3.63) is 55.1 Å². The van der Waals surface area contributed by atoms with E-state index in [1.165, 1.54) is 0 Å². The first-order chi connectivity index (χ1) is 11.4. The molecule has 1 N–H and O–H groups in total. The number of hydrogen-bond acceptors (Lipinski definition) is 6. The third kappa shape index (κ3) is 3.87. The largest absolute Gasteiger partial charge is 0.383 e. The van der Waals surface area contributed by atoms with Crippen LogP contribution in [0, 0.1) is 0 Å². The molecular weight excluding hydrogens is 290 g/mol. The Kier molecular flexibility index (Phi) is 4.85. The van der Waals surface area contributed by atoms with Gasteiger partial charge in [-0.25, -0.2) is 9.97 Å². The molecule has 23 heavy (non-hydrogen) atoms. The zero-order chi connectivity index (χ0) is 15.9. The number of aromatic nitrogens is 4. The molecule has 0 spiro atoms. The van der Waals surface area contributed by atoms with Crippen molar-refractivity contribution in [1.29, 1.82) is 0 Å². The van der Waals surface area contributed by atoms with Crippen LogP contribution in [-0.4, -0.2) is 40.2 Å². The smallest absolute Gasteiger partial charge is 0.163 e. The highest BCUT2D eigenvalue weighted by molar-refractivity contribution is 5.66. The maximum absolute atomic E-state index is 5.07. The average Bonchev–Trinajstić information content (AvgIpc) is 2.63. The number of hydrogen-bond donors (Lipinski definition) is 1. The molecule has 0 bridgehead atoms. The van der Waals surface area contributed by atoms with E-state index in [0.717, 1.165) is 22.6 Å². The highest BCUT2D eigenvalue weighted by Gasteiger charge is 2.08. The molecule has 0 saturated heterocycles. The first-order valence-electron chi connectivity index (χ1n) is 7.29. The average molecular weight is 307 g/mol. The zero-order valence-corrected chi connectivity index (χ0v) is 12.8. The van der Waals surface area contributed by atoms with E-state index in [1.54, 1.807) is 31.9 Å². The summed E-state index contributed by atoms with van der Waals surface area (Å²) in [5.74, 6) is 1.38. The van der Waals surface area contributed by atoms with Gasteiger partial charge in [0, 0.05) is 55.6 Å². The highest BCUT2D eigenvalue weighted by atomic mass is 16.5. The van der Waals surface area contributed by atoms with Crippen LogP contribution in [-0.2, 0) is 4.74 Å². The number of nitrogens with zero attached hydrogens (tertiary/aromatic N) is 4. The molecule has 6 nitrogen and oxygen atoms in total. The van der Waals surface area contributed by atoms with Gasteiger partial charge in [0.05, 0.1) is 12.3 Å². The number of nitrogens with one attached hydrogen (secondary N) is 1. The normalized spacial score (nSPS) is 10.5. The first kappa shape index (κ1) is 15.1. The van der Waals surface area contributed by atoms with Crippen molar-refractivity contribution in [2.45, 2.75) is 0 Å². The van der Waals surface area contributed by atoms with Gasteiger partial charge in [-0.3, -0.25) is 9.97 Å². The van der Waals surface area contributed by atoms with Crippen molar-refractivity contribution in [2.75, 3.05) is 25.6 Å².